The van der Waals surface area contributed by atoms with Gasteiger partial charge in [0.2, 0.25) is 0 Å². The van der Waals surface area contributed by atoms with E-state index in [4.69, 9.17) is 0 Å². The van der Waals surface area contributed by atoms with E-state index >= 15 is 0 Å². The first-order valence-corrected chi connectivity index (χ1v) is 6.13. The molecule has 0 aliphatic heterocycles. The minimum absolute atomic E-state index is 0.639. The van der Waals surface area contributed by atoms with E-state index < -0.39 is 0 Å². The molecule has 1 saturated carbocycles. The van der Waals surface area contributed by atoms with Crippen molar-refractivity contribution in [2.75, 3.05) is 5.32 Å². The second-order valence-corrected chi connectivity index (χ2v) is 4.40. The molecule has 0 saturated heterocycles. The number of pyridine rings is 1. The van der Waals surface area contributed by atoms with E-state index in [1.807, 2.05) is 18.3 Å². The monoisotopic (exact) mass is 204 g/mol. The number of nitrogens with one attached hydrogen (secondary N) is 1. The Morgan fingerprint density at radius 3 is 2.40 bits per heavy atom. The Balaban J connectivity index is 1.86. The summed E-state index contributed by atoms with van der Waals surface area (Å²) in [4.78, 5) is 4.32. The Morgan fingerprint density at radius 2 is 1.73 bits per heavy atom. The van der Waals surface area contributed by atoms with Crippen molar-refractivity contribution in [2.24, 2.45) is 0 Å². The van der Waals surface area contributed by atoms with Gasteiger partial charge < -0.3 is 5.32 Å². The maximum absolute atomic E-state index is 4.32. The Kier molecular flexibility index (Phi) is 4.01. The molecule has 1 N–H and O–H groups in total. The van der Waals surface area contributed by atoms with Gasteiger partial charge in [-0.25, -0.2) is 4.98 Å². The number of hydrogen-bond acceptors (Lipinski definition) is 2. The van der Waals surface area contributed by atoms with Crippen LogP contribution in [0.2, 0.25) is 0 Å². The molecule has 0 bridgehead atoms. The van der Waals surface area contributed by atoms with Crippen molar-refractivity contribution in [3.63, 3.8) is 0 Å². The van der Waals surface area contributed by atoms with Crippen LogP contribution >= 0.6 is 0 Å². The summed E-state index contributed by atoms with van der Waals surface area (Å²) < 4.78 is 0. The SMILES string of the molecule is c1ccc(NC2CCCCCCC2)nc1. The lowest BCUT2D eigenvalue weighted by atomic mass is 9.97. The summed E-state index contributed by atoms with van der Waals surface area (Å²) in [6.45, 7) is 0. The van der Waals surface area contributed by atoms with Gasteiger partial charge in [-0.3, -0.25) is 0 Å². The number of nitrogens with zero attached hydrogens (tertiary/aromatic N) is 1. The molecule has 0 atom stereocenters. The van der Waals surface area contributed by atoms with Crippen molar-refractivity contribution in [2.45, 2.75) is 51.0 Å². The predicted molar refractivity (Wildman–Crippen MR) is 64.0 cm³/mol. The summed E-state index contributed by atoms with van der Waals surface area (Å²) in [5, 5.41) is 3.54. The zero-order valence-corrected chi connectivity index (χ0v) is 9.28. The predicted octanol–water partition coefficient (Wildman–Crippen LogP) is 3.61. The van der Waals surface area contributed by atoms with E-state index in [0.29, 0.717) is 6.04 Å². The van der Waals surface area contributed by atoms with Gasteiger partial charge in [0.05, 0.1) is 0 Å². The molecule has 1 aliphatic rings. The lowest BCUT2D eigenvalue weighted by Crippen LogP contribution is -2.21. The van der Waals surface area contributed by atoms with Crippen molar-refractivity contribution >= 4 is 5.82 Å². The fourth-order valence-corrected chi connectivity index (χ4v) is 2.26. The molecule has 2 rings (SSSR count). The lowest BCUT2D eigenvalue weighted by molar-refractivity contribution is 0.471. The smallest absolute Gasteiger partial charge is 0.126 e. The largest absolute Gasteiger partial charge is 0.367 e. The first-order valence-electron chi connectivity index (χ1n) is 6.13. The quantitative estimate of drug-likeness (QED) is 0.796. The van der Waals surface area contributed by atoms with E-state index in [9.17, 15) is 0 Å². The highest BCUT2D eigenvalue weighted by Gasteiger charge is 2.10. The van der Waals surface area contributed by atoms with E-state index in [2.05, 4.69) is 16.4 Å². The Morgan fingerprint density at radius 1 is 1.00 bits per heavy atom. The molecule has 1 aromatic rings. The van der Waals surface area contributed by atoms with Gasteiger partial charge in [-0.2, -0.15) is 0 Å². The maximum Gasteiger partial charge on any atom is 0.126 e. The van der Waals surface area contributed by atoms with Crippen molar-refractivity contribution in [3.05, 3.63) is 24.4 Å². The maximum atomic E-state index is 4.32. The molecule has 0 radical (unpaired) electrons. The lowest BCUT2D eigenvalue weighted by Gasteiger charge is -2.21. The minimum Gasteiger partial charge on any atom is -0.367 e. The highest BCUT2D eigenvalue weighted by molar-refractivity contribution is 5.34. The molecule has 2 heteroatoms. The van der Waals surface area contributed by atoms with Crippen molar-refractivity contribution in [1.29, 1.82) is 0 Å². The molecule has 1 fully saturated rings. The topological polar surface area (TPSA) is 24.9 Å². The van der Waals surface area contributed by atoms with Gasteiger partial charge in [0.15, 0.2) is 0 Å². The third-order valence-electron chi connectivity index (χ3n) is 3.12. The average molecular weight is 204 g/mol. The number of hydrogen-bond donors (Lipinski definition) is 1. The van der Waals surface area contributed by atoms with E-state index in [0.717, 1.165) is 5.82 Å². The third kappa shape index (κ3) is 3.54. The van der Waals surface area contributed by atoms with Gasteiger partial charge in [-0.1, -0.05) is 38.2 Å². The molecular formula is C13H20N2. The van der Waals surface area contributed by atoms with Crippen LogP contribution in [0.4, 0.5) is 5.82 Å². The van der Waals surface area contributed by atoms with Crippen LogP contribution in [-0.4, -0.2) is 11.0 Å². The summed E-state index contributed by atoms with van der Waals surface area (Å²) >= 11 is 0. The van der Waals surface area contributed by atoms with Gasteiger partial charge >= 0.3 is 0 Å². The molecule has 2 nitrogen and oxygen atoms in total. The van der Waals surface area contributed by atoms with E-state index in [-0.39, 0.29) is 0 Å². The normalized spacial score (nSPS) is 19.2. The Hall–Kier alpha value is -1.05. The van der Waals surface area contributed by atoms with Crippen LogP contribution in [-0.2, 0) is 0 Å². The summed E-state index contributed by atoms with van der Waals surface area (Å²) in [7, 11) is 0. The molecule has 15 heavy (non-hydrogen) atoms. The first-order chi connectivity index (χ1) is 7.45. The van der Waals surface area contributed by atoms with Gasteiger partial charge in [0.25, 0.3) is 0 Å². The van der Waals surface area contributed by atoms with Gasteiger partial charge in [0, 0.05) is 12.2 Å². The summed E-state index contributed by atoms with van der Waals surface area (Å²) in [5.41, 5.74) is 0. The van der Waals surface area contributed by atoms with E-state index in [1.54, 1.807) is 0 Å². The Bertz CT molecular complexity index is 263. The molecule has 0 spiro atoms. The van der Waals surface area contributed by atoms with Crippen LogP contribution in [0.1, 0.15) is 44.9 Å². The van der Waals surface area contributed by atoms with Crippen LogP contribution in [0, 0.1) is 0 Å². The van der Waals surface area contributed by atoms with Crippen LogP contribution in [0.5, 0.6) is 0 Å². The number of aromatic nitrogens is 1. The average Bonchev–Trinajstić information content (AvgIpc) is 2.23. The number of rotatable bonds is 2. The molecule has 0 amide bonds. The van der Waals surface area contributed by atoms with Gasteiger partial charge in [0.1, 0.15) is 5.82 Å². The van der Waals surface area contributed by atoms with Crippen LogP contribution in [0.25, 0.3) is 0 Å². The first kappa shape index (κ1) is 10.5. The van der Waals surface area contributed by atoms with Crippen LogP contribution in [0.15, 0.2) is 24.4 Å². The highest BCUT2D eigenvalue weighted by atomic mass is 15.0. The zero-order chi connectivity index (χ0) is 10.3. The molecule has 1 heterocycles. The summed E-state index contributed by atoms with van der Waals surface area (Å²) in [6.07, 6.45) is 11.4. The Labute approximate surface area is 92.1 Å². The summed E-state index contributed by atoms with van der Waals surface area (Å²) in [6, 6.07) is 6.69. The highest BCUT2D eigenvalue weighted by Crippen LogP contribution is 2.19. The molecule has 82 valence electrons. The molecular weight excluding hydrogens is 184 g/mol. The minimum atomic E-state index is 0.639. The van der Waals surface area contributed by atoms with Crippen LogP contribution < -0.4 is 5.32 Å². The third-order valence-corrected chi connectivity index (χ3v) is 3.12. The van der Waals surface area contributed by atoms with Crippen molar-refractivity contribution in [1.82, 2.24) is 4.98 Å². The van der Waals surface area contributed by atoms with Crippen LogP contribution in [0.3, 0.4) is 0 Å². The van der Waals surface area contributed by atoms with E-state index in [1.165, 1.54) is 44.9 Å². The van der Waals surface area contributed by atoms with Crippen molar-refractivity contribution in [3.8, 4) is 0 Å². The number of anilines is 1. The van der Waals surface area contributed by atoms with Gasteiger partial charge in [-0.15, -0.1) is 0 Å². The molecule has 1 aromatic heterocycles. The zero-order valence-electron chi connectivity index (χ0n) is 9.28. The molecule has 0 unspecified atom stereocenters. The standard InChI is InChI=1S/C13H20N2/c1-2-4-8-12(9-5-3-1)15-13-10-6-7-11-14-13/h6-7,10-12H,1-5,8-9H2,(H,14,15). The second-order valence-electron chi connectivity index (χ2n) is 4.40. The summed E-state index contributed by atoms with van der Waals surface area (Å²) in [5.74, 6) is 1.03. The fourth-order valence-electron chi connectivity index (χ4n) is 2.26. The fraction of sp³-hybridized carbons (Fsp3) is 0.615. The van der Waals surface area contributed by atoms with Crippen molar-refractivity contribution < 1.29 is 0 Å². The van der Waals surface area contributed by atoms with Gasteiger partial charge in [-0.05, 0) is 25.0 Å². The molecule has 1 aliphatic carbocycles. The molecule has 0 aromatic carbocycles. The second kappa shape index (κ2) is 5.74.